The summed E-state index contributed by atoms with van der Waals surface area (Å²) >= 11 is 0. The van der Waals surface area contributed by atoms with Crippen LogP contribution in [0.1, 0.15) is 62.5 Å². The van der Waals surface area contributed by atoms with Crippen LogP contribution in [0.3, 0.4) is 0 Å². The van der Waals surface area contributed by atoms with E-state index in [4.69, 9.17) is 14.7 Å². The van der Waals surface area contributed by atoms with Crippen LogP contribution < -0.4 is 0 Å². The van der Waals surface area contributed by atoms with Gasteiger partial charge in [-0.15, -0.1) is 0 Å². The third-order valence-electron chi connectivity index (χ3n) is 5.55. The highest BCUT2D eigenvalue weighted by atomic mass is 19.1. The van der Waals surface area contributed by atoms with Crippen LogP contribution in [0.4, 0.5) is 4.39 Å². The SMILES string of the molecule is CCCC=C[C@H]1CO[C@H]([C@H]2CC[C@H](c3ccc(C#N)c(F)c3)CC2)OC1. The average Bonchev–Trinajstić information content (AvgIpc) is 2.69. The van der Waals surface area contributed by atoms with Crippen LogP contribution in [0.15, 0.2) is 30.4 Å². The molecule has 1 saturated carbocycles. The van der Waals surface area contributed by atoms with Crippen molar-refractivity contribution in [2.24, 2.45) is 11.8 Å². The van der Waals surface area contributed by atoms with Crippen molar-refractivity contribution in [2.45, 2.75) is 57.7 Å². The summed E-state index contributed by atoms with van der Waals surface area (Å²) in [5, 5.41) is 8.86. The quantitative estimate of drug-likeness (QED) is 0.670. The van der Waals surface area contributed by atoms with Crippen LogP contribution in [0.25, 0.3) is 0 Å². The molecule has 0 aromatic heterocycles. The van der Waals surface area contributed by atoms with Gasteiger partial charge in [0.05, 0.1) is 18.8 Å². The zero-order valence-electron chi connectivity index (χ0n) is 15.5. The normalized spacial score (nSPS) is 29.6. The van der Waals surface area contributed by atoms with Crippen molar-refractivity contribution in [3.05, 3.63) is 47.3 Å². The predicted molar refractivity (Wildman–Crippen MR) is 99.0 cm³/mol. The van der Waals surface area contributed by atoms with E-state index in [0.717, 1.165) is 50.9 Å². The Balaban J connectivity index is 1.47. The molecule has 3 nitrogen and oxygen atoms in total. The molecule has 140 valence electrons. The van der Waals surface area contributed by atoms with Crippen molar-refractivity contribution in [3.63, 3.8) is 0 Å². The first kappa shape index (κ1) is 19.1. The van der Waals surface area contributed by atoms with Crippen molar-refractivity contribution >= 4 is 0 Å². The molecule has 2 fully saturated rings. The number of hydrogen-bond acceptors (Lipinski definition) is 3. The second kappa shape index (κ2) is 9.30. The highest BCUT2D eigenvalue weighted by molar-refractivity contribution is 5.34. The summed E-state index contributed by atoms with van der Waals surface area (Å²) in [5.74, 6) is 0.751. The molecule has 1 aliphatic carbocycles. The number of allylic oxidation sites excluding steroid dienone is 1. The zero-order valence-corrected chi connectivity index (χ0v) is 15.5. The molecule has 1 aromatic carbocycles. The minimum atomic E-state index is -0.409. The molecule has 0 bridgehead atoms. The van der Waals surface area contributed by atoms with Gasteiger partial charge >= 0.3 is 0 Å². The number of nitriles is 1. The predicted octanol–water partition coefficient (Wildman–Crippen LogP) is 5.32. The van der Waals surface area contributed by atoms with Crippen LogP contribution in [-0.4, -0.2) is 19.5 Å². The topological polar surface area (TPSA) is 42.2 Å². The first-order valence-electron chi connectivity index (χ1n) is 9.80. The minimum absolute atomic E-state index is 0.0931. The summed E-state index contributed by atoms with van der Waals surface area (Å²) in [6.07, 6.45) is 10.7. The van der Waals surface area contributed by atoms with Crippen LogP contribution in [0.5, 0.6) is 0 Å². The molecule has 0 N–H and O–H groups in total. The monoisotopic (exact) mass is 357 g/mol. The molecule has 0 amide bonds. The minimum Gasteiger partial charge on any atom is -0.352 e. The highest BCUT2D eigenvalue weighted by Gasteiger charge is 2.32. The van der Waals surface area contributed by atoms with Gasteiger partial charge in [0.2, 0.25) is 0 Å². The molecule has 4 heteroatoms. The van der Waals surface area contributed by atoms with E-state index >= 15 is 0 Å². The van der Waals surface area contributed by atoms with Gasteiger partial charge in [-0.25, -0.2) is 4.39 Å². The standard InChI is InChI=1S/C22H28FNO2/c1-2-3-4-5-16-14-25-22(26-15-16)18-8-6-17(7-9-18)19-10-11-20(13-24)21(23)12-19/h4-5,10-12,16-18,22H,2-3,6-9,14-15H2,1H3/t16-,17-,18-,22-. The maximum absolute atomic E-state index is 13.9. The maximum Gasteiger partial charge on any atom is 0.160 e. The first-order valence-corrected chi connectivity index (χ1v) is 9.80. The summed E-state index contributed by atoms with van der Waals surface area (Å²) in [7, 11) is 0. The maximum atomic E-state index is 13.9. The van der Waals surface area contributed by atoms with Gasteiger partial charge in [0.25, 0.3) is 0 Å². The van der Waals surface area contributed by atoms with Gasteiger partial charge in [-0.3, -0.25) is 0 Å². The van der Waals surface area contributed by atoms with Gasteiger partial charge in [0.1, 0.15) is 11.9 Å². The Morgan fingerprint density at radius 3 is 2.54 bits per heavy atom. The zero-order chi connectivity index (χ0) is 18.4. The number of unbranched alkanes of at least 4 members (excludes halogenated alkanes) is 1. The molecule has 3 rings (SSSR count). The Hall–Kier alpha value is -1.70. The Morgan fingerprint density at radius 2 is 1.92 bits per heavy atom. The largest absolute Gasteiger partial charge is 0.352 e. The Labute approximate surface area is 155 Å². The molecule has 1 heterocycles. The summed E-state index contributed by atoms with van der Waals surface area (Å²) in [6, 6.07) is 6.90. The Morgan fingerprint density at radius 1 is 1.19 bits per heavy atom. The summed E-state index contributed by atoms with van der Waals surface area (Å²) in [5.41, 5.74) is 1.13. The van der Waals surface area contributed by atoms with Gasteiger partial charge in [0.15, 0.2) is 6.29 Å². The van der Waals surface area contributed by atoms with Crippen molar-refractivity contribution in [2.75, 3.05) is 13.2 Å². The van der Waals surface area contributed by atoms with Crippen molar-refractivity contribution in [1.29, 1.82) is 5.26 Å². The highest BCUT2D eigenvalue weighted by Crippen LogP contribution is 2.39. The molecule has 0 spiro atoms. The van der Waals surface area contributed by atoms with Gasteiger partial charge < -0.3 is 9.47 Å². The number of rotatable bonds is 5. The van der Waals surface area contributed by atoms with E-state index in [1.807, 2.05) is 12.1 Å². The number of benzene rings is 1. The second-order valence-electron chi connectivity index (χ2n) is 7.47. The molecule has 0 unspecified atom stereocenters. The number of nitrogens with zero attached hydrogens (tertiary/aromatic N) is 1. The van der Waals surface area contributed by atoms with Crippen molar-refractivity contribution < 1.29 is 13.9 Å². The summed E-state index contributed by atoms with van der Waals surface area (Å²) in [4.78, 5) is 0. The lowest BCUT2D eigenvalue weighted by molar-refractivity contribution is -0.222. The second-order valence-corrected chi connectivity index (χ2v) is 7.47. The van der Waals surface area contributed by atoms with Gasteiger partial charge in [-0.2, -0.15) is 5.26 Å². The molecule has 1 aliphatic heterocycles. The molecular weight excluding hydrogens is 329 g/mol. The van der Waals surface area contributed by atoms with E-state index in [1.54, 1.807) is 6.07 Å². The third-order valence-corrected chi connectivity index (χ3v) is 5.55. The first-order chi connectivity index (χ1) is 12.7. The number of halogens is 1. The van der Waals surface area contributed by atoms with E-state index in [0.29, 0.717) is 17.8 Å². The van der Waals surface area contributed by atoms with Crippen LogP contribution >= 0.6 is 0 Å². The van der Waals surface area contributed by atoms with E-state index in [2.05, 4.69) is 19.1 Å². The summed E-state index contributed by atoms with van der Waals surface area (Å²) < 4.78 is 25.8. The molecule has 1 aromatic rings. The van der Waals surface area contributed by atoms with Crippen molar-refractivity contribution in [1.82, 2.24) is 0 Å². The van der Waals surface area contributed by atoms with Gasteiger partial charge in [-0.1, -0.05) is 31.6 Å². The number of ether oxygens (including phenoxy) is 2. The molecular formula is C22H28FNO2. The van der Waals surface area contributed by atoms with E-state index in [9.17, 15) is 4.39 Å². The van der Waals surface area contributed by atoms with E-state index in [-0.39, 0.29) is 11.9 Å². The fourth-order valence-corrected chi connectivity index (χ4v) is 3.97. The third kappa shape index (κ3) is 4.72. The van der Waals surface area contributed by atoms with Gasteiger partial charge in [0, 0.05) is 11.8 Å². The Bertz CT molecular complexity index is 651. The fourth-order valence-electron chi connectivity index (χ4n) is 3.97. The fraction of sp³-hybridized carbons (Fsp3) is 0.591. The van der Waals surface area contributed by atoms with E-state index in [1.165, 1.54) is 12.5 Å². The molecule has 0 radical (unpaired) electrons. The lowest BCUT2D eigenvalue weighted by Crippen LogP contribution is -2.37. The smallest absolute Gasteiger partial charge is 0.160 e. The van der Waals surface area contributed by atoms with Crippen LogP contribution in [0, 0.1) is 29.0 Å². The molecule has 0 atom stereocenters. The summed E-state index contributed by atoms with van der Waals surface area (Å²) in [6.45, 7) is 3.66. The molecule has 2 aliphatic rings. The lowest BCUT2D eigenvalue weighted by Gasteiger charge is -2.37. The number of hydrogen-bond donors (Lipinski definition) is 0. The Kier molecular flexibility index (Phi) is 6.82. The van der Waals surface area contributed by atoms with Gasteiger partial charge in [-0.05, 0) is 55.7 Å². The van der Waals surface area contributed by atoms with E-state index < -0.39 is 5.82 Å². The lowest BCUT2D eigenvalue weighted by atomic mass is 9.78. The van der Waals surface area contributed by atoms with Crippen LogP contribution in [-0.2, 0) is 9.47 Å². The van der Waals surface area contributed by atoms with Crippen LogP contribution in [0.2, 0.25) is 0 Å². The average molecular weight is 357 g/mol. The molecule has 1 saturated heterocycles. The molecule has 26 heavy (non-hydrogen) atoms. The van der Waals surface area contributed by atoms with Crippen molar-refractivity contribution in [3.8, 4) is 6.07 Å².